The minimum atomic E-state index is -1.66. The summed E-state index contributed by atoms with van der Waals surface area (Å²) in [6.45, 7) is 2.47. The molecule has 0 radical (unpaired) electrons. The van der Waals surface area contributed by atoms with Gasteiger partial charge in [0, 0.05) is 18.2 Å². The van der Waals surface area contributed by atoms with Crippen molar-refractivity contribution in [2.24, 2.45) is 0 Å². The molecule has 0 aliphatic rings. The highest BCUT2D eigenvalue weighted by molar-refractivity contribution is 5.62. The zero-order chi connectivity index (χ0) is 28.7. The molecule has 0 unspecified atom stereocenters. The molecule has 0 bridgehead atoms. The lowest BCUT2D eigenvalue weighted by molar-refractivity contribution is -0.148. The second kappa shape index (κ2) is 12.9. The van der Waals surface area contributed by atoms with Crippen molar-refractivity contribution in [3.8, 4) is 17.0 Å². The van der Waals surface area contributed by atoms with E-state index in [0.29, 0.717) is 19.6 Å². The van der Waals surface area contributed by atoms with E-state index in [1.54, 1.807) is 12.1 Å². The number of rotatable bonds is 12. The smallest absolute Gasteiger partial charge is 0.159 e. The van der Waals surface area contributed by atoms with Crippen LogP contribution in [0, 0.1) is 5.82 Å². The molecule has 1 aromatic heterocycles. The number of hydrogen-bond acceptors (Lipinski definition) is 4. The van der Waals surface area contributed by atoms with E-state index in [0.717, 1.165) is 52.1 Å². The van der Waals surface area contributed by atoms with Crippen LogP contribution in [0.2, 0.25) is 0 Å². The fourth-order valence-corrected chi connectivity index (χ4v) is 4.73. The Morgan fingerprint density at radius 2 is 1.37 bits per heavy atom. The molecule has 0 aliphatic carbocycles. The molecule has 0 fully saturated rings. The largest absolute Gasteiger partial charge is 0.489 e. The Morgan fingerprint density at radius 3 is 2.05 bits per heavy atom. The van der Waals surface area contributed by atoms with Gasteiger partial charge in [-0.15, -0.1) is 0 Å². The van der Waals surface area contributed by atoms with E-state index in [2.05, 4.69) is 54.7 Å². The van der Waals surface area contributed by atoms with Crippen LogP contribution in [0.3, 0.4) is 0 Å². The first kappa shape index (κ1) is 28.3. The van der Waals surface area contributed by atoms with Crippen molar-refractivity contribution >= 4 is 0 Å². The summed E-state index contributed by atoms with van der Waals surface area (Å²) in [4.78, 5) is 0. The molecule has 6 heteroatoms. The predicted molar refractivity (Wildman–Crippen MR) is 159 cm³/mol. The van der Waals surface area contributed by atoms with Gasteiger partial charge in [0.2, 0.25) is 0 Å². The number of aromatic nitrogens is 2. The Morgan fingerprint density at radius 1 is 0.732 bits per heavy atom. The van der Waals surface area contributed by atoms with Crippen molar-refractivity contribution in [2.45, 2.75) is 51.5 Å². The third kappa shape index (κ3) is 8.37. The normalized spacial score (nSPS) is 11.5. The van der Waals surface area contributed by atoms with Gasteiger partial charge in [-0.3, -0.25) is 4.68 Å². The minimum absolute atomic E-state index is 0.256. The van der Waals surface area contributed by atoms with E-state index in [1.807, 2.05) is 35.0 Å². The first-order valence-corrected chi connectivity index (χ1v) is 13.9. The second-order valence-corrected chi connectivity index (χ2v) is 10.7. The molecule has 5 nitrogen and oxygen atoms in total. The minimum Gasteiger partial charge on any atom is -0.489 e. The standard InChI is InChI=1S/C35H35FN2O3/c1-35(39,40)22-21-27-12-19-33(20-13-27)41-25-29-9-7-28(8-10-29)23-38-24-31(14-11-26-5-3-2-4-6-26)34(37-38)30-15-17-32(36)18-16-30/h2-10,12-13,15-20,24,39-40H,11,14,21-23,25H2,1H3. The average molecular weight is 551 g/mol. The van der Waals surface area contributed by atoms with Gasteiger partial charge in [-0.2, -0.15) is 5.10 Å². The van der Waals surface area contributed by atoms with Crippen LogP contribution >= 0.6 is 0 Å². The number of benzene rings is 4. The second-order valence-electron chi connectivity index (χ2n) is 10.7. The molecule has 1 heterocycles. The first-order chi connectivity index (χ1) is 19.8. The zero-order valence-corrected chi connectivity index (χ0v) is 23.2. The molecule has 4 aromatic carbocycles. The number of hydrogen-bond donors (Lipinski definition) is 2. The van der Waals surface area contributed by atoms with E-state index < -0.39 is 5.79 Å². The van der Waals surface area contributed by atoms with Gasteiger partial charge in [0.05, 0.1) is 12.2 Å². The van der Waals surface area contributed by atoms with Crippen LogP contribution in [-0.4, -0.2) is 25.8 Å². The number of aryl methyl sites for hydroxylation is 3. The predicted octanol–water partition coefficient (Wildman–Crippen LogP) is 6.74. The monoisotopic (exact) mass is 550 g/mol. The van der Waals surface area contributed by atoms with Crippen LogP contribution in [0.4, 0.5) is 4.39 Å². The molecular weight excluding hydrogens is 515 g/mol. The maximum Gasteiger partial charge on any atom is 0.159 e. The lowest BCUT2D eigenvalue weighted by atomic mass is 10.0. The molecule has 5 rings (SSSR count). The molecule has 41 heavy (non-hydrogen) atoms. The number of halogens is 1. The summed E-state index contributed by atoms with van der Waals surface area (Å²) in [5, 5.41) is 23.9. The fourth-order valence-electron chi connectivity index (χ4n) is 4.73. The topological polar surface area (TPSA) is 67.5 Å². The highest BCUT2D eigenvalue weighted by Gasteiger charge is 2.15. The van der Waals surface area contributed by atoms with E-state index in [1.165, 1.54) is 24.6 Å². The maximum atomic E-state index is 13.6. The summed E-state index contributed by atoms with van der Waals surface area (Å²) in [7, 11) is 0. The molecule has 2 N–H and O–H groups in total. The van der Waals surface area contributed by atoms with Crippen LogP contribution in [-0.2, 0) is 32.4 Å². The van der Waals surface area contributed by atoms with E-state index in [9.17, 15) is 14.6 Å². The summed E-state index contributed by atoms with van der Waals surface area (Å²) in [6, 6.07) is 32.9. The van der Waals surface area contributed by atoms with Crippen molar-refractivity contribution in [1.29, 1.82) is 0 Å². The van der Waals surface area contributed by atoms with Gasteiger partial charge in [-0.25, -0.2) is 4.39 Å². The summed E-state index contributed by atoms with van der Waals surface area (Å²) in [6.07, 6.45) is 4.71. The molecule has 0 amide bonds. The average Bonchev–Trinajstić information content (AvgIpc) is 3.38. The van der Waals surface area contributed by atoms with Crippen molar-refractivity contribution < 1.29 is 19.3 Å². The van der Waals surface area contributed by atoms with Gasteiger partial charge in [-0.05, 0) is 90.4 Å². The van der Waals surface area contributed by atoms with Gasteiger partial charge in [-0.1, -0.05) is 66.7 Å². The Kier molecular flexibility index (Phi) is 8.92. The maximum absolute atomic E-state index is 13.6. The lowest BCUT2D eigenvalue weighted by Gasteiger charge is -2.15. The van der Waals surface area contributed by atoms with E-state index in [4.69, 9.17) is 9.84 Å². The van der Waals surface area contributed by atoms with Crippen LogP contribution in [0.25, 0.3) is 11.3 Å². The van der Waals surface area contributed by atoms with Crippen LogP contribution in [0.1, 0.15) is 41.2 Å². The van der Waals surface area contributed by atoms with Crippen molar-refractivity contribution in [1.82, 2.24) is 9.78 Å². The van der Waals surface area contributed by atoms with Gasteiger partial charge in [0.1, 0.15) is 18.2 Å². The third-order valence-electron chi connectivity index (χ3n) is 7.06. The molecule has 0 atom stereocenters. The Bertz CT molecular complexity index is 1520. The quantitative estimate of drug-likeness (QED) is 0.169. The van der Waals surface area contributed by atoms with Gasteiger partial charge >= 0.3 is 0 Å². The summed E-state index contributed by atoms with van der Waals surface area (Å²) in [5.74, 6) is -1.15. The van der Waals surface area contributed by atoms with Crippen LogP contribution in [0.15, 0.2) is 109 Å². The number of nitrogens with zero attached hydrogens (tertiary/aromatic N) is 2. The fraction of sp³-hybridized carbons (Fsp3) is 0.229. The van der Waals surface area contributed by atoms with Crippen molar-refractivity contribution in [3.05, 3.63) is 143 Å². The highest BCUT2D eigenvalue weighted by atomic mass is 19.1. The summed E-state index contributed by atoms with van der Waals surface area (Å²) < 4.78 is 21.5. The van der Waals surface area contributed by atoms with Gasteiger partial charge in [0.15, 0.2) is 5.79 Å². The van der Waals surface area contributed by atoms with Crippen LogP contribution < -0.4 is 4.74 Å². The van der Waals surface area contributed by atoms with Crippen molar-refractivity contribution in [3.63, 3.8) is 0 Å². The van der Waals surface area contributed by atoms with E-state index >= 15 is 0 Å². The Hall–Kier alpha value is -4.26. The Labute approximate surface area is 240 Å². The molecule has 0 spiro atoms. The van der Waals surface area contributed by atoms with Crippen LogP contribution in [0.5, 0.6) is 5.75 Å². The lowest BCUT2D eigenvalue weighted by Crippen LogP contribution is -2.23. The van der Waals surface area contributed by atoms with Gasteiger partial charge in [0.25, 0.3) is 0 Å². The Balaban J connectivity index is 1.21. The zero-order valence-electron chi connectivity index (χ0n) is 23.2. The molecule has 0 aliphatic heterocycles. The molecular formula is C35H35FN2O3. The van der Waals surface area contributed by atoms with E-state index in [-0.39, 0.29) is 12.2 Å². The molecule has 0 saturated carbocycles. The number of ether oxygens (including phenoxy) is 1. The number of aliphatic hydroxyl groups is 2. The van der Waals surface area contributed by atoms with Crippen molar-refractivity contribution in [2.75, 3.05) is 0 Å². The highest BCUT2D eigenvalue weighted by Crippen LogP contribution is 2.25. The summed E-state index contributed by atoms with van der Waals surface area (Å²) >= 11 is 0. The molecule has 210 valence electrons. The summed E-state index contributed by atoms with van der Waals surface area (Å²) in [5.41, 5.74) is 7.42. The SMILES string of the molecule is CC(O)(O)CCc1ccc(OCc2ccc(Cn3cc(CCc4ccccc4)c(-c4ccc(F)cc4)n3)cc2)cc1. The third-order valence-corrected chi connectivity index (χ3v) is 7.06. The molecule has 0 saturated heterocycles. The molecule has 5 aromatic rings. The first-order valence-electron chi connectivity index (χ1n) is 13.9. The van der Waals surface area contributed by atoms with Gasteiger partial charge < -0.3 is 14.9 Å².